The molecule has 0 aliphatic rings. The molecular formula is C11H10N6S2. The van der Waals surface area contributed by atoms with Crippen LogP contribution in [0.1, 0.15) is 5.82 Å². The maximum atomic E-state index is 5.49. The van der Waals surface area contributed by atoms with Crippen LogP contribution in [0.25, 0.3) is 10.2 Å². The summed E-state index contributed by atoms with van der Waals surface area (Å²) >= 11 is 3.11. The minimum absolute atomic E-state index is 0.626. The summed E-state index contributed by atoms with van der Waals surface area (Å²) in [6.07, 6.45) is 5.03. The lowest BCUT2D eigenvalue weighted by Gasteiger charge is -2.04. The van der Waals surface area contributed by atoms with Crippen molar-refractivity contribution < 1.29 is 0 Å². The predicted octanol–water partition coefficient (Wildman–Crippen LogP) is 2.06. The SMILES string of the molecule is NNc1nc(CSc2cnccn2)nc2sccc12. The Bertz CT molecular complexity index is 684. The number of nitrogens with two attached hydrogens (primary N) is 1. The highest BCUT2D eigenvalue weighted by Gasteiger charge is 2.08. The molecule has 0 aromatic carbocycles. The molecule has 6 nitrogen and oxygen atoms in total. The smallest absolute Gasteiger partial charge is 0.152 e. The second-order valence-electron chi connectivity index (χ2n) is 3.60. The number of fused-ring (bicyclic) bond motifs is 1. The minimum Gasteiger partial charge on any atom is -0.308 e. The summed E-state index contributed by atoms with van der Waals surface area (Å²) in [6, 6.07) is 1.95. The van der Waals surface area contributed by atoms with Crippen LogP contribution >= 0.6 is 23.1 Å². The fraction of sp³-hybridized carbons (Fsp3) is 0.0909. The van der Waals surface area contributed by atoms with Crippen molar-refractivity contribution in [1.29, 1.82) is 0 Å². The third-order valence-corrected chi connectivity index (χ3v) is 4.11. The number of hydrogen-bond acceptors (Lipinski definition) is 8. The van der Waals surface area contributed by atoms with Gasteiger partial charge in [-0.3, -0.25) is 4.98 Å². The molecule has 0 aliphatic heterocycles. The van der Waals surface area contributed by atoms with Gasteiger partial charge in [-0.05, 0) is 11.4 Å². The molecular weight excluding hydrogens is 280 g/mol. The Morgan fingerprint density at radius 3 is 3.05 bits per heavy atom. The van der Waals surface area contributed by atoms with E-state index in [0.717, 1.165) is 21.1 Å². The zero-order chi connectivity index (χ0) is 13.1. The average Bonchev–Trinajstić information content (AvgIpc) is 2.93. The fourth-order valence-electron chi connectivity index (χ4n) is 1.57. The number of nitrogens with one attached hydrogen (secondary N) is 1. The first kappa shape index (κ1) is 12.3. The summed E-state index contributed by atoms with van der Waals surface area (Å²) < 4.78 is 0. The van der Waals surface area contributed by atoms with Gasteiger partial charge < -0.3 is 5.43 Å². The highest BCUT2D eigenvalue weighted by molar-refractivity contribution is 7.98. The van der Waals surface area contributed by atoms with E-state index >= 15 is 0 Å². The number of nitrogen functional groups attached to an aromatic ring is 1. The molecule has 0 unspecified atom stereocenters. The van der Waals surface area contributed by atoms with E-state index in [4.69, 9.17) is 5.84 Å². The molecule has 0 amide bonds. The van der Waals surface area contributed by atoms with E-state index in [1.54, 1.807) is 41.7 Å². The molecule has 0 atom stereocenters. The summed E-state index contributed by atoms with van der Waals surface area (Å²) in [7, 11) is 0. The summed E-state index contributed by atoms with van der Waals surface area (Å²) in [5, 5.41) is 3.76. The first-order valence-corrected chi connectivity index (χ1v) is 7.33. The molecule has 19 heavy (non-hydrogen) atoms. The average molecular weight is 290 g/mol. The Hall–Kier alpha value is -1.77. The number of nitrogens with zero attached hydrogens (tertiary/aromatic N) is 4. The van der Waals surface area contributed by atoms with Gasteiger partial charge >= 0.3 is 0 Å². The van der Waals surface area contributed by atoms with Crippen molar-refractivity contribution in [2.24, 2.45) is 5.84 Å². The van der Waals surface area contributed by atoms with Gasteiger partial charge in [-0.25, -0.2) is 20.8 Å². The van der Waals surface area contributed by atoms with Gasteiger partial charge in [0.05, 0.1) is 17.3 Å². The molecule has 0 fully saturated rings. The number of hydrogen-bond donors (Lipinski definition) is 2. The highest BCUT2D eigenvalue weighted by Crippen LogP contribution is 2.26. The topological polar surface area (TPSA) is 89.6 Å². The standard InChI is InChI=1S/C11H10N6S2/c12-17-10-7-1-4-18-11(7)16-8(15-10)6-19-9-5-13-2-3-14-9/h1-5H,6,12H2,(H,15,16,17). The van der Waals surface area contributed by atoms with Gasteiger partial charge in [0.2, 0.25) is 0 Å². The van der Waals surface area contributed by atoms with Crippen LogP contribution in [0.3, 0.4) is 0 Å². The van der Waals surface area contributed by atoms with E-state index in [2.05, 4.69) is 25.4 Å². The van der Waals surface area contributed by atoms with Gasteiger partial charge in [-0.15, -0.1) is 11.3 Å². The second-order valence-corrected chi connectivity index (χ2v) is 5.49. The van der Waals surface area contributed by atoms with Crippen molar-refractivity contribution >= 4 is 39.1 Å². The van der Waals surface area contributed by atoms with E-state index in [-0.39, 0.29) is 0 Å². The van der Waals surface area contributed by atoms with Crippen LogP contribution in [-0.2, 0) is 5.75 Å². The van der Waals surface area contributed by atoms with Crippen molar-refractivity contribution in [2.75, 3.05) is 5.43 Å². The van der Waals surface area contributed by atoms with Crippen molar-refractivity contribution in [3.63, 3.8) is 0 Å². The Morgan fingerprint density at radius 2 is 2.26 bits per heavy atom. The van der Waals surface area contributed by atoms with E-state index in [1.807, 2.05) is 11.4 Å². The Balaban J connectivity index is 1.85. The lowest BCUT2D eigenvalue weighted by atomic mass is 10.4. The monoisotopic (exact) mass is 290 g/mol. The Morgan fingerprint density at radius 1 is 1.32 bits per heavy atom. The number of thioether (sulfide) groups is 1. The van der Waals surface area contributed by atoms with Crippen LogP contribution in [0, 0.1) is 0 Å². The van der Waals surface area contributed by atoms with Crippen molar-refractivity contribution in [3.05, 3.63) is 35.9 Å². The lowest BCUT2D eigenvalue weighted by molar-refractivity contribution is 1.03. The summed E-state index contributed by atoms with van der Waals surface area (Å²) in [6.45, 7) is 0. The summed E-state index contributed by atoms with van der Waals surface area (Å²) in [5.74, 6) is 7.49. The largest absolute Gasteiger partial charge is 0.308 e. The number of hydrazine groups is 1. The first-order valence-electron chi connectivity index (χ1n) is 5.46. The molecule has 0 radical (unpaired) electrons. The van der Waals surface area contributed by atoms with Crippen LogP contribution in [0.15, 0.2) is 35.1 Å². The predicted molar refractivity (Wildman–Crippen MR) is 76.8 cm³/mol. The van der Waals surface area contributed by atoms with Crippen LogP contribution in [0.5, 0.6) is 0 Å². The molecule has 3 aromatic rings. The van der Waals surface area contributed by atoms with Gasteiger partial charge in [0.1, 0.15) is 15.7 Å². The van der Waals surface area contributed by atoms with Gasteiger partial charge in [-0.1, -0.05) is 11.8 Å². The molecule has 96 valence electrons. The maximum absolute atomic E-state index is 5.49. The van der Waals surface area contributed by atoms with Crippen LogP contribution in [-0.4, -0.2) is 19.9 Å². The molecule has 0 saturated heterocycles. The normalized spacial score (nSPS) is 10.8. The van der Waals surface area contributed by atoms with Crippen molar-refractivity contribution in [2.45, 2.75) is 10.8 Å². The molecule has 8 heteroatoms. The molecule has 3 heterocycles. The van der Waals surface area contributed by atoms with Crippen molar-refractivity contribution in [3.8, 4) is 0 Å². The van der Waals surface area contributed by atoms with E-state index in [9.17, 15) is 0 Å². The molecule has 3 rings (SSSR count). The Kier molecular flexibility index (Phi) is 3.53. The van der Waals surface area contributed by atoms with Gasteiger partial charge in [0.15, 0.2) is 5.82 Å². The minimum atomic E-state index is 0.626. The molecule has 0 bridgehead atoms. The summed E-state index contributed by atoms with van der Waals surface area (Å²) in [5.41, 5.74) is 2.61. The van der Waals surface area contributed by atoms with Gasteiger partial charge in [-0.2, -0.15) is 0 Å². The molecule has 3 aromatic heterocycles. The zero-order valence-corrected chi connectivity index (χ0v) is 11.4. The number of anilines is 1. The first-order chi connectivity index (χ1) is 9.36. The maximum Gasteiger partial charge on any atom is 0.152 e. The van der Waals surface area contributed by atoms with Crippen LogP contribution in [0.4, 0.5) is 5.82 Å². The number of thiophene rings is 1. The molecule has 0 aliphatic carbocycles. The number of aromatic nitrogens is 4. The van der Waals surface area contributed by atoms with E-state index in [1.165, 1.54) is 0 Å². The second kappa shape index (κ2) is 5.47. The van der Waals surface area contributed by atoms with E-state index in [0.29, 0.717) is 11.6 Å². The highest BCUT2D eigenvalue weighted by atomic mass is 32.2. The third-order valence-electron chi connectivity index (χ3n) is 2.40. The molecule has 0 spiro atoms. The number of rotatable bonds is 4. The zero-order valence-electron chi connectivity index (χ0n) is 9.78. The Labute approximate surface area is 117 Å². The molecule has 3 N–H and O–H groups in total. The van der Waals surface area contributed by atoms with Gasteiger partial charge in [0, 0.05) is 12.4 Å². The fourth-order valence-corrected chi connectivity index (χ4v) is 3.03. The third kappa shape index (κ3) is 2.65. The summed E-state index contributed by atoms with van der Waals surface area (Å²) in [4.78, 5) is 18.0. The molecule has 0 saturated carbocycles. The van der Waals surface area contributed by atoms with Gasteiger partial charge in [0.25, 0.3) is 0 Å². The van der Waals surface area contributed by atoms with Crippen LogP contribution < -0.4 is 11.3 Å². The quantitative estimate of drug-likeness (QED) is 0.432. The van der Waals surface area contributed by atoms with Crippen molar-refractivity contribution in [1.82, 2.24) is 19.9 Å². The van der Waals surface area contributed by atoms with Crippen LogP contribution in [0.2, 0.25) is 0 Å². The lowest BCUT2D eigenvalue weighted by Crippen LogP contribution is -2.10. The van der Waals surface area contributed by atoms with E-state index < -0.39 is 0 Å².